The van der Waals surface area contributed by atoms with Crippen molar-refractivity contribution in [2.45, 2.75) is 37.6 Å². The first-order valence-corrected chi connectivity index (χ1v) is 12.3. The zero-order valence-electron chi connectivity index (χ0n) is 17.9. The van der Waals surface area contributed by atoms with Crippen LogP contribution in [0.15, 0.2) is 47.4 Å². The van der Waals surface area contributed by atoms with Gasteiger partial charge in [-0.05, 0) is 67.3 Å². The molecule has 3 aromatic rings. The lowest BCUT2D eigenvalue weighted by atomic mass is 10.0. The van der Waals surface area contributed by atoms with E-state index in [1.165, 1.54) is 18.2 Å². The molecule has 2 aromatic carbocycles. The van der Waals surface area contributed by atoms with E-state index >= 15 is 0 Å². The largest absolute Gasteiger partial charge is 0.367 e. The lowest BCUT2D eigenvalue weighted by Crippen LogP contribution is -2.31. The van der Waals surface area contributed by atoms with Crippen LogP contribution < -0.4 is 4.90 Å². The van der Waals surface area contributed by atoms with Gasteiger partial charge in [0.1, 0.15) is 11.6 Å². The summed E-state index contributed by atoms with van der Waals surface area (Å²) >= 11 is 0. The average molecular weight is 458 g/mol. The molecule has 0 bridgehead atoms. The number of aromatic nitrogens is 1. The van der Waals surface area contributed by atoms with Gasteiger partial charge in [0.05, 0.1) is 16.2 Å². The number of nitrogens with one attached hydrogen (secondary N) is 1. The van der Waals surface area contributed by atoms with E-state index in [4.69, 9.17) is 0 Å². The molecule has 0 unspecified atom stereocenters. The highest BCUT2D eigenvalue weighted by atomic mass is 32.2. The van der Waals surface area contributed by atoms with Crippen molar-refractivity contribution >= 4 is 15.7 Å². The van der Waals surface area contributed by atoms with Crippen LogP contribution in [0.3, 0.4) is 0 Å². The highest BCUT2D eigenvalue weighted by Crippen LogP contribution is 2.33. The van der Waals surface area contributed by atoms with Crippen molar-refractivity contribution in [3.63, 3.8) is 0 Å². The molecular weight excluding hydrogens is 432 g/mol. The third-order valence-electron chi connectivity index (χ3n) is 6.43. The summed E-state index contributed by atoms with van der Waals surface area (Å²) in [5.74, 6) is -1.18. The number of rotatable bonds is 4. The van der Waals surface area contributed by atoms with E-state index in [2.05, 4.69) is 9.88 Å². The fourth-order valence-electron chi connectivity index (χ4n) is 4.75. The molecule has 1 saturated heterocycles. The zero-order valence-corrected chi connectivity index (χ0v) is 18.7. The fraction of sp³-hybridized carbons (Fsp3) is 0.333. The van der Waals surface area contributed by atoms with E-state index in [0.717, 1.165) is 41.9 Å². The number of anilines is 1. The predicted octanol–water partition coefficient (Wildman–Crippen LogP) is 4.62. The first-order valence-electron chi connectivity index (χ1n) is 10.9. The Morgan fingerprint density at radius 3 is 2.38 bits per heavy atom. The van der Waals surface area contributed by atoms with Gasteiger partial charge in [-0.2, -0.15) is 4.31 Å². The van der Waals surface area contributed by atoms with Crippen LogP contribution in [0.4, 0.5) is 14.5 Å². The molecule has 5 nitrogen and oxygen atoms in total. The van der Waals surface area contributed by atoms with Gasteiger partial charge in [-0.1, -0.05) is 6.07 Å². The number of sulfonamides is 1. The molecule has 5 rings (SSSR count). The van der Waals surface area contributed by atoms with Gasteiger partial charge in [0.15, 0.2) is 0 Å². The third kappa shape index (κ3) is 3.61. The van der Waals surface area contributed by atoms with Gasteiger partial charge >= 0.3 is 0 Å². The summed E-state index contributed by atoms with van der Waals surface area (Å²) in [6.07, 6.45) is 2.52. The van der Waals surface area contributed by atoms with Gasteiger partial charge in [-0.3, -0.25) is 0 Å². The highest BCUT2D eigenvalue weighted by Gasteiger charge is 2.28. The van der Waals surface area contributed by atoms with Crippen molar-refractivity contribution < 1.29 is 17.2 Å². The average Bonchev–Trinajstić information content (AvgIpc) is 3.43. The summed E-state index contributed by atoms with van der Waals surface area (Å²) in [7, 11) is -3.45. The van der Waals surface area contributed by atoms with Crippen molar-refractivity contribution in [2.75, 3.05) is 24.5 Å². The molecule has 2 aliphatic heterocycles. The monoisotopic (exact) mass is 457 g/mol. The zero-order chi connectivity index (χ0) is 22.5. The molecule has 1 fully saturated rings. The molecule has 0 radical (unpaired) electrons. The van der Waals surface area contributed by atoms with Crippen LogP contribution in [0, 0.1) is 18.6 Å². The van der Waals surface area contributed by atoms with Crippen molar-refractivity contribution in [3.05, 3.63) is 70.9 Å². The number of aromatic amines is 1. The maximum absolute atomic E-state index is 14.2. The Morgan fingerprint density at radius 1 is 0.969 bits per heavy atom. The SMILES string of the molecule is Cc1cc(S(=O)(=O)N2CCCC2)ccc1N1CCc2[nH]c(-c3c(F)cccc3F)cc2C1. The quantitative estimate of drug-likeness (QED) is 0.622. The third-order valence-corrected chi connectivity index (χ3v) is 8.32. The fourth-order valence-corrected chi connectivity index (χ4v) is 6.35. The molecule has 2 aliphatic rings. The lowest BCUT2D eigenvalue weighted by molar-refractivity contribution is 0.477. The Balaban J connectivity index is 1.41. The molecule has 168 valence electrons. The van der Waals surface area contributed by atoms with E-state index < -0.39 is 21.7 Å². The molecule has 8 heteroatoms. The number of hydrogen-bond acceptors (Lipinski definition) is 3. The number of hydrogen-bond donors (Lipinski definition) is 1. The maximum atomic E-state index is 14.2. The normalized spacial score (nSPS) is 17.0. The summed E-state index contributed by atoms with van der Waals surface area (Å²) < 4.78 is 55.7. The molecule has 1 N–H and O–H groups in total. The molecular formula is C24H25F2N3O2S. The summed E-state index contributed by atoms with van der Waals surface area (Å²) in [5.41, 5.74) is 4.23. The van der Waals surface area contributed by atoms with Crippen molar-refractivity contribution in [1.82, 2.24) is 9.29 Å². The number of fused-ring (bicyclic) bond motifs is 1. The van der Waals surface area contributed by atoms with Gasteiger partial charge in [0.25, 0.3) is 0 Å². The Morgan fingerprint density at radius 2 is 1.69 bits per heavy atom. The highest BCUT2D eigenvalue weighted by molar-refractivity contribution is 7.89. The van der Waals surface area contributed by atoms with Crippen LogP contribution in [-0.2, 0) is 23.0 Å². The second-order valence-corrected chi connectivity index (χ2v) is 10.5. The van der Waals surface area contributed by atoms with E-state index in [1.54, 1.807) is 16.4 Å². The first-order chi connectivity index (χ1) is 15.3. The molecule has 0 saturated carbocycles. The van der Waals surface area contributed by atoms with E-state index in [0.29, 0.717) is 36.6 Å². The summed E-state index contributed by atoms with van der Waals surface area (Å²) in [6, 6.07) is 11.0. The standard InChI is InChI=1S/C24H25F2N3O2S/c1-16-13-18(32(30,31)29-10-2-3-11-29)7-8-23(16)28-12-9-21-17(15-28)14-22(27-21)24-19(25)5-4-6-20(24)26/h4-8,13-14,27H,2-3,9-12,15H2,1H3. The van der Waals surface area contributed by atoms with Crippen LogP contribution in [0.2, 0.25) is 0 Å². The number of benzene rings is 2. The molecule has 32 heavy (non-hydrogen) atoms. The Bertz CT molecular complexity index is 1260. The lowest BCUT2D eigenvalue weighted by Gasteiger charge is -2.30. The Hall–Kier alpha value is -2.71. The summed E-state index contributed by atoms with van der Waals surface area (Å²) in [4.78, 5) is 5.70. The van der Waals surface area contributed by atoms with Crippen LogP contribution in [0.5, 0.6) is 0 Å². The van der Waals surface area contributed by atoms with Gasteiger partial charge in [0.2, 0.25) is 10.0 Å². The second kappa shape index (κ2) is 8.01. The molecule has 1 aromatic heterocycles. The minimum Gasteiger partial charge on any atom is -0.367 e. The summed E-state index contributed by atoms with van der Waals surface area (Å²) in [6.45, 7) is 4.39. The van der Waals surface area contributed by atoms with Crippen LogP contribution in [0.25, 0.3) is 11.3 Å². The minimum atomic E-state index is -3.45. The smallest absolute Gasteiger partial charge is 0.243 e. The van der Waals surface area contributed by atoms with E-state index in [1.807, 2.05) is 19.1 Å². The number of nitrogens with zero attached hydrogens (tertiary/aromatic N) is 2. The van der Waals surface area contributed by atoms with Crippen LogP contribution >= 0.6 is 0 Å². The first kappa shape index (κ1) is 21.2. The van der Waals surface area contributed by atoms with Crippen molar-refractivity contribution in [3.8, 4) is 11.3 Å². The topological polar surface area (TPSA) is 56.4 Å². The van der Waals surface area contributed by atoms with Gasteiger partial charge in [-0.25, -0.2) is 17.2 Å². The molecule has 0 amide bonds. The van der Waals surface area contributed by atoms with E-state index in [9.17, 15) is 17.2 Å². The van der Waals surface area contributed by atoms with Crippen molar-refractivity contribution in [1.29, 1.82) is 0 Å². The second-order valence-electron chi connectivity index (χ2n) is 8.51. The van der Waals surface area contributed by atoms with Gasteiger partial charge in [-0.15, -0.1) is 0 Å². The Kier molecular flexibility index (Phi) is 5.29. The Labute approximate surface area is 186 Å². The van der Waals surface area contributed by atoms with Crippen LogP contribution in [0.1, 0.15) is 29.7 Å². The van der Waals surface area contributed by atoms with Crippen molar-refractivity contribution in [2.24, 2.45) is 0 Å². The summed E-state index contributed by atoms with van der Waals surface area (Å²) in [5, 5.41) is 0. The molecule has 3 heterocycles. The number of aryl methyl sites for hydroxylation is 1. The van der Waals surface area contributed by atoms with E-state index in [-0.39, 0.29) is 5.56 Å². The molecule has 0 aliphatic carbocycles. The van der Waals surface area contributed by atoms with Gasteiger partial charge in [0, 0.05) is 44.0 Å². The maximum Gasteiger partial charge on any atom is 0.243 e. The van der Waals surface area contributed by atoms with Gasteiger partial charge < -0.3 is 9.88 Å². The predicted molar refractivity (Wildman–Crippen MR) is 120 cm³/mol. The molecule has 0 atom stereocenters. The minimum absolute atomic E-state index is 0.0406. The van der Waals surface area contributed by atoms with Crippen LogP contribution in [-0.4, -0.2) is 37.3 Å². The number of halogens is 2. The molecule has 0 spiro atoms. The number of H-pyrrole nitrogens is 1.